The predicted molar refractivity (Wildman–Crippen MR) is 75.0 cm³/mol. The summed E-state index contributed by atoms with van der Waals surface area (Å²) in [6.07, 6.45) is 1.75. The molecule has 0 radical (unpaired) electrons. The topological polar surface area (TPSA) is 46.9 Å². The highest BCUT2D eigenvalue weighted by atomic mass is 19.1. The van der Waals surface area contributed by atoms with Gasteiger partial charge in [-0.25, -0.2) is 4.39 Å². The molecule has 5 heteroatoms. The lowest BCUT2D eigenvalue weighted by Gasteiger charge is -2.15. The molecule has 0 bridgehead atoms. The van der Waals surface area contributed by atoms with Crippen molar-refractivity contribution < 1.29 is 9.18 Å². The molecule has 1 amide bonds. The summed E-state index contributed by atoms with van der Waals surface area (Å²) in [5.41, 5.74) is 3.09. The van der Waals surface area contributed by atoms with Gasteiger partial charge in [-0.3, -0.25) is 9.48 Å². The van der Waals surface area contributed by atoms with Crippen molar-refractivity contribution in [1.29, 1.82) is 0 Å². The Kier molecular flexibility index (Phi) is 3.88. The molecule has 2 rings (SSSR count). The van der Waals surface area contributed by atoms with Crippen molar-refractivity contribution in [3.63, 3.8) is 0 Å². The first-order valence-electron chi connectivity index (χ1n) is 6.45. The number of benzene rings is 1. The van der Waals surface area contributed by atoms with Crippen LogP contribution in [-0.4, -0.2) is 15.7 Å². The van der Waals surface area contributed by atoms with Crippen LogP contribution in [0.25, 0.3) is 0 Å². The van der Waals surface area contributed by atoms with Gasteiger partial charge < -0.3 is 5.32 Å². The van der Waals surface area contributed by atoms with Crippen molar-refractivity contribution in [3.8, 4) is 0 Å². The number of rotatable bonds is 3. The zero-order valence-corrected chi connectivity index (χ0v) is 12.1. The number of carbonyl (C=O) groups excluding carboxylic acids is 1. The van der Waals surface area contributed by atoms with Gasteiger partial charge in [0.25, 0.3) is 5.91 Å². The molecule has 0 aliphatic carbocycles. The van der Waals surface area contributed by atoms with Crippen molar-refractivity contribution >= 4 is 5.91 Å². The fourth-order valence-corrected chi connectivity index (χ4v) is 2.17. The number of nitrogens with zero attached hydrogens (tertiary/aromatic N) is 2. The quantitative estimate of drug-likeness (QED) is 0.936. The average Bonchev–Trinajstić information content (AvgIpc) is 2.69. The Morgan fingerprint density at radius 2 is 2.10 bits per heavy atom. The summed E-state index contributed by atoms with van der Waals surface area (Å²) >= 11 is 0. The van der Waals surface area contributed by atoms with Crippen LogP contribution in [0, 0.1) is 19.7 Å². The highest BCUT2D eigenvalue weighted by Gasteiger charge is 2.16. The van der Waals surface area contributed by atoms with Gasteiger partial charge in [0.05, 0.1) is 12.2 Å². The molecule has 0 fully saturated rings. The smallest absolute Gasteiger partial charge is 0.252 e. The van der Waals surface area contributed by atoms with Crippen LogP contribution in [0.2, 0.25) is 0 Å². The maximum atomic E-state index is 13.1. The van der Waals surface area contributed by atoms with Crippen molar-refractivity contribution in [2.45, 2.75) is 26.8 Å². The first-order valence-corrected chi connectivity index (χ1v) is 6.45. The molecule has 2 aromatic rings. The van der Waals surface area contributed by atoms with Crippen molar-refractivity contribution in [3.05, 3.63) is 52.6 Å². The number of aromatic nitrogens is 2. The van der Waals surface area contributed by atoms with E-state index in [9.17, 15) is 9.18 Å². The van der Waals surface area contributed by atoms with E-state index in [2.05, 4.69) is 10.4 Å². The minimum Gasteiger partial charge on any atom is -0.345 e. The SMILES string of the molecule is Cc1cc(F)ccc1C(=O)NC(C)c1cnn(C)c1C. The fourth-order valence-electron chi connectivity index (χ4n) is 2.17. The molecule has 0 aliphatic heterocycles. The molecule has 0 saturated carbocycles. The molecule has 20 heavy (non-hydrogen) atoms. The van der Waals surface area contributed by atoms with E-state index in [1.807, 2.05) is 20.9 Å². The van der Waals surface area contributed by atoms with Gasteiger partial charge in [-0.15, -0.1) is 0 Å². The van der Waals surface area contributed by atoms with E-state index in [0.29, 0.717) is 11.1 Å². The van der Waals surface area contributed by atoms with E-state index in [1.54, 1.807) is 17.8 Å². The van der Waals surface area contributed by atoms with Gasteiger partial charge in [-0.05, 0) is 44.5 Å². The van der Waals surface area contributed by atoms with Crippen LogP contribution in [0.4, 0.5) is 4.39 Å². The second kappa shape index (κ2) is 5.45. The number of carbonyl (C=O) groups is 1. The van der Waals surface area contributed by atoms with Crippen molar-refractivity contribution in [2.75, 3.05) is 0 Å². The Bertz CT molecular complexity index is 649. The summed E-state index contributed by atoms with van der Waals surface area (Å²) in [4.78, 5) is 12.2. The third-order valence-electron chi connectivity index (χ3n) is 3.52. The Labute approximate surface area is 117 Å². The average molecular weight is 275 g/mol. The van der Waals surface area contributed by atoms with Crippen molar-refractivity contribution in [1.82, 2.24) is 15.1 Å². The van der Waals surface area contributed by atoms with E-state index in [-0.39, 0.29) is 17.8 Å². The van der Waals surface area contributed by atoms with E-state index < -0.39 is 0 Å². The first kappa shape index (κ1) is 14.2. The largest absolute Gasteiger partial charge is 0.345 e. The third kappa shape index (κ3) is 2.71. The van der Waals surface area contributed by atoms with Gasteiger partial charge in [0.2, 0.25) is 0 Å². The van der Waals surface area contributed by atoms with Gasteiger partial charge in [0.1, 0.15) is 5.82 Å². The number of hydrogen-bond donors (Lipinski definition) is 1. The maximum absolute atomic E-state index is 13.1. The van der Waals surface area contributed by atoms with Gasteiger partial charge in [0, 0.05) is 23.9 Å². The van der Waals surface area contributed by atoms with Gasteiger partial charge >= 0.3 is 0 Å². The number of halogens is 1. The highest BCUT2D eigenvalue weighted by molar-refractivity contribution is 5.95. The van der Waals surface area contributed by atoms with E-state index in [4.69, 9.17) is 0 Å². The Hall–Kier alpha value is -2.17. The van der Waals surface area contributed by atoms with Crippen LogP contribution >= 0.6 is 0 Å². The minimum absolute atomic E-state index is 0.152. The lowest BCUT2D eigenvalue weighted by molar-refractivity contribution is 0.0939. The summed E-state index contributed by atoms with van der Waals surface area (Å²) < 4.78 is 14.8. The second-order valence-electron chi connectivity index (χ2n) is 4.96. The van der Waals surface area contributed by atoms with E-state index in [0.717, 1.165) is 11.3 Å². The normalized spacial score (nSPS) is 12.2. The standard InChI is InChI=1S/C15H18FN3O/c1-9-7-12(16)5-6-13(9)15(20)18-10(2)14-8-17-19(4)11(14)3/h5-8,10H,1-4H3,(H,18,20). The Balaban J connectivity index is 2.17. The second-order valence-corrected chi connectivity index (χ2v) is 4.96. The Morgan fingerprint density at radius 3 is 2.65 bits per heavy atom. The minimum atomic E-state index is -0.338. The lowest BCUT2D eigenvalue weighted by atomic mass is 10.1. The summed E-state index contributed by atoms with van der Waals surface area (Å²) in [5.74, 6) is -0.548. The van der Waals surface area contributed by atoms with Gasteiger partial charge in [-0.1, -0.05) is 0 Å². The number of aryl methyl sites for hydroxylation is 2. The van der Waals surface area contributed by atoms with Crippen LogP contribution in [0.15, 0.2) is 24.4 Å². The molecule has 1 heterocycles. The molecular weight excluding hydrogens is 257 g/mol. The molecule has 4 nitrogen and oxygen atoms in total. The van der Waals surface area contributed by atoms with Crippen molar-refractivity contribution in [2.24, 2.45) is 7.05 Å². The van der Waals surface area contributed by atoms with Crippen LogP contribution < -0.4 is 5.32 Å². The molecule has 1 atom stereocenters. The summed E-state index contributed by atoms with van der Waals surface area (Å²) in [5, 5.41) is 7.07. The summed E-state index contributed by atoms with van der Waals surface area (Å²) in [7, 11) is 1.86. The number of hydrogen-bond acceptors (Lipinski definition) is 2. The summed E-state index contributed by atoms with van der Waals surface area (Å²) in [6, 6.07) is 4.00. The molecule has 1 aromatic carbocycles. The van der Waals surface area contributed by atoms with Crippen LogP contribution in [-0.2, 0) is 7.05 Å². The predicted octanol–water partition coefficient (Wildman–Crippen LogP) is 2.67. The van der Waals surface area contributed by atoms with E-state index in [1.165, 1.54) is 18.2 Å². The molecule has 1 unspecified atom stereocenters. The number of amides is 1. The molecular formula is C15H18FN3O. The zero-order chi connectivity index (χ0) is 14.9. The van der Waals surface area contributed by atoms with Gasteiger partial charge in [-0.2, -0.15) is 5.10 Å². The lowest BCUT2D eigenvalue weighted by Crippen LogP contribution is -2.27. The molecule has 0 spiro atoms. The van der Waals surface area contributed by atoms with E-state index >= 15 is 0 Å². The highest BCUT2D eigenvalue weighted by Crippen LogP contribution is 2.17. The molecule has 106 valence electrons. The molecule has 0 aliphatic rings. The third-order valence-corrected chi connectivity index (χ3v) is 3.52. The monoisotopic (exact) mass is 275 g/mol. The molecule has 1 aromatic heterocycles. The zero-order valence-electron chi connectivity index (χ0n) is 12.1. The van der Waals surface area contributed by atoms with Crippen LogP contribution in [0.3, 0.4) is 0 Å². The fraction of sp³-hybridized carbons (Fsp3) is 0.333. The maximum Gasteiger partial charge on any atom is 0.252 e. The van der Waals surface area contributed by atoms with Crippen LogP contribution in [0.5, 0.6) is 0 Å². The summed E-state index contributed by atoms with van der Waals surface area (Å²) in [6.45, 7) is 5.58. The number of nitrogens with one attached hydrogen (secondary N) is 1. The molecule has 1 N–H and O–H groups in total. The van der Waals surface area contributed by atoms with Crippen LogP contribution in [0.1, 0.15) is 40.1 Å². The first-order chi connectivity index (χ1) is 9.40. The molecule has 0 saturated heterocycles. The Morgan fingerprint density at radius 1 is 1.40 bits per heavy atom. The van der Waals surface area contributed by atoms with Gasteiger partial charge in [0.15, 0.2) is 0 Å².